The van der Waals surface area contributed by atoms with Crippen molar-refractivity contribution in [2.75, 3.05) is 27.2 Å². The Morgan fingerprint density at radius 3 is 2.42 bits per heavy atom. The van der Waals surface area contributed by atoms with Crippen molar-refractivity contribution in [1.29, 1.82) is 0 Å². The first-order valence-corrected chi connectivity index (χ1v) is 8.39. The van der Waals surface area contributed by atoms with Gasteiger partial charge in [-0.15, -0.1) is 0 Å². The lowest BCUT2D eigenvalue weighted by atomic mass is 9.41. The van der Waals surface area contributed by atoms with Gasteiger partial charge in [-0.1, -0.05) is 20.8 Å². The van der Waals surface area contributed by atoms with Gasteiger partial charge in [-0.3, -0.25) is 4.99 Å². The van der Waals surface area contributed by atoms with E-state index in [0.717, 1.165) is 25.5 Å². The fourth-order valence-corrected chi connectivity index (χ4v) is 4.19. The fourth-order valence-electron chi connectivity index (χ4n) is 4.19. The Morgan fingerprint density at radius 2 is 1.96 bits per heavy atom. The third-order valence-electron chi connectivity index (χ3n) is 5.89. The molecule has 132 valence electrons. The van der Waals surface area contributed by atoms with Crippen LogP contribution in [0.1, 0.15) is 34.1 Å². The van der Waals surface area contributed by atoms with Gasteiger partial charge in [0.1, 0.15) is 0 Å². The third-order valence-corrected chi connectivity index (χ3v) is 5.89. The van der Waals surface area contributed by atoms with E-state index in [9.17, 15) is 0 Å². The maximum atomic E-state index is 6.01. The molecule has 0 radical (unpaired) electrons. The van der Waals surface area contributed by atoms with Crippen LogP contribution in [-0.2, 0) is 0 Å². The minimum atomic E-state index is -0.189. The zero-order valence-corrected chi connectivity index (χ0v) is 15.7. The summed E-state index contributed by atoms with van der Waals surface area (Å²) >= 11 is 0. The lowest BCUT2D eigenvalue weighted by Gasteiger charge is -2.52. The van der Waals surface area contributed by atoms with Crippen LogP contribution in [0.25, 0.3) is 0 Å². The molecule has 1 atom stereocenters. The van der Waals surface area contributed by atoms with Crippen molar-refractivity contribution < 1.29 is 4.58 Å². The van der Waals surface area contributed by atoms with Gasteiger partial charge in [-0.25, -0.2) is 9.57 Å². The number of hydrogen-bond acceptors (Lipinski definition) is 2. The van der Waals surface area contributed by atoms with Crippen molar-refractivity contribution >= 4 is 31.6 Å². The van der Waals surface area contributed by atoms with Crippen LogP contribution in [0.5, 0.6) is 0 Å². The second-order valence-corrected chi connectivity index (χ2v) is 6.95. The quantitative estimate of drug-likeness (QED) is 0.306. The van der Waals surface area contributed by atoms with Crippen molar-refractivity contribution in [1.82, 2.24) is 9.62 Å². The molecule has 0 bridgehead atoms. The summed E-state index contributed by atoms with van der Waals surface area (Å²) in [7, 11) is 3.56. The molecule has 4 N–H and O–H groups in total. The molecule has 1 unspecified atom stereocenters. The lowest BCUT2D eigenvalue weighted by molar-refractivity contribution is -0.521. The molecule has 2 rings (SSSR count). The van der Waals surface area contributed by atoms with Crippen molar-refractivity contribution in [3.63, 3.8) is 0 Å². The summed E-state index contributed by atoms with van der Waals surface area (Å²) < 4.78 is 2.11. The summed E-state index contributed by atoms with van der Waals surface area (Å²) in [4.78, 5) is 17.6. The Kier molecular flexibility index (Phi) is 4.91. The first kappa shape index (κ1) is 18.3. The Labute approximate surface area is 145 Å². The number of hydrogen-bond donors (Lipinski definition) is 2. The van der Waals surface area contributed by atoms with Gasteiger partial charge in [0.05, 0.1) is 25.5 Å². The molecular weight excluding hydrogens is 303 g/mol. The maximum absolute atomic E-state index is 6.01. The first-order valence-electron chi connectivity index (χ1n) is 8.39. The van der Waals surface area contributed by atoms with Gasteiger partial charge in [0.2, 0.25) is 5.96 Å². The third kappa shape index (κ3) is 2.29. The van der Waals surface area contributed by atoms with Gasteiger partial charge >= 0.3 is 12.9 Å². The number of guanidine groups is 2. The molecule has 0 aromatic carbocycles. The van der Waals surface area contributed by atoms with Gasteiger partial charge in [-0.05, 0) is 13.3 Å². The van der Waals surface area contributed by atoms with E-state index >= 15 is 0 Å². The van der Waals surface area contributed by atoms with Crippen LogP contribution in [0.3, 0.4) is 0 Å². The van der Waals surface area contributed by atoms with Crippen molar-refractivity contribution in [3.8, 4) is 0 Å². The fraction of sp³-hybridized carbons (Fsp3) is 0.733. The molecule has 2 aliphatic rings. The average molecular weight is 333 g/mol. The second kappa shape index (κ2) is 6.45. The van der Waals surface area contributed by atoms with Crippen molar-refractivity contribution in [3.05, 3.63) is 0 Å². The monoisotopic (exact) mass is 333 g/mol. The molecular formula is C15H30BN8+. The summed E-state index contributed by atoms with van der Waals surface area (Å²) in [6.07, 6.45) is 3.89. The van der Waals surface area contributed by atoms with Crippen molar-refractivity contribution in [2.24, 2.45) is 26.4 Å². The van der Waals surface area contributed by atoms with Crippen LogP contribution in [0, 0.1) is 0 Å². The molecule has 24 heavy (non-hydrogen) atoms. The molecule has 0 aromatic rings. The Morgan fingerprint density at radius 1 is 1.29 bits per heavy atom. The number of nitrogens with zero attached hydrogens (tertiary/aromatic N) is 6. The van der Waals surface area contributed by atoms with Crippen LogP contribution >= 0.6 is 0 Å². The maximum Gasteiger partial charge on any atom is 0.450 e. The minimum absolute atomic E-state index is 0.0831. The van der Waals surface area contributed by atoms with E-state index in [1.54, 1.807) is 13.4 Å². The van der Waals surface area contributed by atoms with Gasteiger partial charge in [-0.2, -0.15) is 4.99 Å². The van der Waals surface area contributed by atoms with E-state index in [1.807, 2.05) is 7.05 Å². The highest BCUT2D eigenvalue weighted by atomic mass is 15.5. The summed E-state index contributed by atoms with van der Waals surface area (Å²) in [6.45, 7) is 10.7. The molecule has 0 spiro atoms. The van der Waals surface area contributed by atoms with Crippen LogP contribution in [0.15, 0.2) is 15.0 Å². The summed E-state index contributed by atoms with van der Waals surface area (Å²) in [6, 6.07) is 0. The molecule has 2 saturated heterocycles. The highest BCUT2D eigenvalue weighted by molar-refractivity contribution is 6.63. The summed E-state index contributed by atoms with van der Waals surface area (Å²) in [5.74, 6) is 1.54. The SMILES string of the molecule is CCC1(C)[N+](=CN)C(=NC)N2CCN(C(N=CN)=NC)B2C1(C)C. The molecule has 2 aliphatic heterocycles. The summed E-state index contributed by atoms with van der Waals surface area (Å²) in [5, 5.41) is -0.123. The number of aliphatic imine (C=N–C) groups is 3. The zero-order valence-electron chi connectivity index (χ0n) is 15.7. The molecule has 0 amide bonds. The lowest BCUT2D eigenvalue weighted by Crippen LogP contribution is -2.71. The second-order valence-electron chi connectivity index (χ2n) is 6.95. The van der Waals surface area contributed by atoms with E-state index in [-0.39, 0.29) is 17.8 Å². The Balaban J connectivity index is 2.63. The Bertz CT molecular complexity index is 603. The van der Waals surface area contributed by atoms with Crippen LogP contribution in [0.4, 0.5) is 0 Å². The predicted octanol–water partition coefficient (Wildman–Crippen LogP) is 0.0128. The highest BCUT2D eigenvalue weighted by Crippen LogP contribution is 2.51. The number of fused-ring (bicyclic) bond motifs is 1. The smallest absolute Gasteiger partial charge is 0.390 e. The van der Waals surface area contributed by atoms with Crippen LogP contribution in [-0.4, -0.2) is 78.5 Å². The molecule has 0 saturated carbocycles. The van der Waals surface area contributed by atoms with E-state index < -0.39 is 0 Å². The van der Waals surface area contributed by atoms with E-state index in [0.29, 0.717) is 5.96 Å². The molecule has 2 fully saturated rings. The molecule has 2 heterocycles. The van der Waals surface area contributed by atoms with Crippen LogP contribution in [0.2, 0.25) is 5.31 Å². The first-order chi connectivity index (χ1) is 11.3. The Hall–Kier alpha value is -2.06. The number of nitrogens with two attached hydrogens (primary N) is 2. The molecule has 9 heteroatoms. The topological polar surface area (TPSA) is 98.6 Å². The van der Waals surface area contributed by atoms with Gasteiger partial charge in [0.25, 0.3) is 0 Å². The normalized spacial score (nSPS) is 30.8. The van der Waals surface area contributed by atoms with E-state index in [4.69, 9.17) is 11.5 Å². The van der Waals surface area contributed by atoms with Gasteiger partial charge in [0, 0.05) is 18.9 Å². The van der Waals surface area contributed by atoms with Crippen LogP contribution < -0.4 is 11.5 Å². The largest absolute Gasteiger partial charge is 0.450 e. The van der Waals surface area contributed by atoms with Gasteiger partial charge < -0.3 is 21.1 Å². The standard InChI is InChI=1S/C15H29BN8/c1-7-15(4)14(2,3)16-23(12(19-5)21-10-17)8-9-24(16)13(20-6)22(15)11-18/h10-11,18H,7-9H2,1-6H3,(H2,17,19,21)/p+1. The predicted molar refractivity (Wildman–Crippen MR) is 102 cm³/mol. The molecule has 0 aliphatic carbocycles. The molecule has 0 aromatic heterocycles. The highest BCUT2D eigenvalue weighted by Gasteiger charge is 2.67. The van der Waals surface area contributed by atoms with Gasteiger partial charge in [0.15, 0.2) is 6.34 Å². The van der Waals surface area contributed by atoms with Crippen molar-refractivity contribution in [2.45, 2.75) is 45.0 Å². The minimum Gasteiger partial charge on any atom is -0.390 e. The average Bonchev–Trinajstić information content (AvgIpc) is 3.01. The zero-order chi connectivity index (χ0) is 18.1. The van der Waals surface area contributed by atoms with E-state index in [2.05, 4.69) is 56.9 Å². The number of rotatable bonds is 1. The molecule has 8 nitrogen and oxygen atoms in total. The van der Waals surface area contributed by atoms with E-state index in [1.165, 1.54) is 6.34 Å². The summed E-state index contributed by atoms with van der Waals surface area (Å²) in [5.41, 5.74) is 11.3.